The van der Waals surface area contributed by atoms with Crippen molar-refractivity contribution in [2.24, 2.45) is 0 Å². The predicted octanol–water partition coefficient (Wildman–Crippen LogP) is 1.48. The molecule has 0 atom stereocenters. The molecular formula is C4H8SSe. The summed E-state index contributed by atoms with van der Waals surface area (Å²) in [7, 11) is 0. The molecule has 0 aliphatic rings. The van der Waals surface area contributed by atoms with Gasteiger partial charge in [0, 0.05) is 0 Å². The van der Waals surface area contributed by atoms with Crippen LogP contribution in [0.3, 0.4) is 0 Å². The molecule has 0 nitrogen and oxygen atoms in total. The fraction of sp³-hybridized carbons (Fsp3) is 0.750. The zero-order chi connectivity index (χ0) is 4.99. The van der Waals surface area contributed by atoms with Crippen molar-refractivity contribution in [1.29, 1.82) is 0 Å². The van der Waals surface area contributed by atoms with Crippen LogP contribution < -0.4 is 0 Å². The van der Waals surface area contributed by atoms with Crippen molar-refractivity contribution in [3.63, 3.8) is 0 Å². The summed E-state index contributed by atoms with van der Waals surface area (Å²) in [5.74, 6) is 2.15. The van der Waals surface area contributed by atoms with E-state index in [0.717, 1.165) is 6.42 Å². The van der Waals surface area contributed by atoms with Crippen LogP contribution in [0.4, 0.5) is 0 Å². The third kappa shape index (κ3) is 2.83. The van der Waals surface area contributed by atoms with Gasteiger partial charge < -0.3 is 0 Å². The van der Waals surface area contributed by atoms with Crippen molar-refractivity contribution in [2.45, 2.75) is 19.2 Å². The summed E-state index contributed by atoms with van der Waals surface area (Å²) >= 11 is 5.50. The predicted molar refractivity (Wildman–Crippen MR) is 34.5 cm³/mol. The number of hydrogen-bond donors (Lipinski definition) is 0. The minimum atomic E-state index is 0.615. The molecular weight excluding hydrogens is 159 g/mol. The average Bonchev–Trinajstić information content (AvgIpc) is 1.65. The van der Waals surface area contributed by atoms with Gasteiger partial charge in [-0.3, -0.25) is 0 Å². The molecule has 0 aromatic rings. The van der Waals surface area contributed by atoms with Gasteiger partial charge in [0.15, 0.2) is 0 Å². The number of thiocarbonyl (C=S) groups is 1. The SMILES string of the molecule is CCC(=S)[Se]C. The van der Waals surface area contributed by atoms with E-state index in [1.807, 2.05) is 0 Å². The van der Waals surface area contributed by atoms with Gasteiger partial charge in [-0.25, -0.2) is 0 Å². The Morgan fingerprint density at radius 1 is 1.83 bits per heavy atom. The molecule has 0 aromatic heterocycles. The standard InChI is InChI=1S/C4H8SSe/c1-3-4(5)6-2/h3H2,1-2H3. The van der Waals surface area contributed by atoms with E-state index < -0.39 is 0 Å². The number of rotatable bonds is 2. The molecule has 0 saturated heterocycles. The van der Waals surface area contributed by atoms with Crippen LogP contribution in [0, 0.1) is 0 Å². The second-order valence-corrected chi connectivity index (χ2v) is 3.90. The molecule has 0 radical (unpaired) electrons. The summed E-state index contributed by atoms with van der Waals surface area (Å²) in [6.45, 7) is 2.10. The van der Waals surface area contributed by atoms with E-state index in [9.17, 15) is 0 Å². The molecule has 0 aliphatic heterocycles. The molecule has 0 saturated carbocycles. The van der Waals surface area contributed by atoms with Crippen LogP contribution in [0.5, 0.6) is 0 Å². The van der Waals surface area contributed by atoms with E-state index in [2.05, 4.69) is 12.7 Å². The quantitative estimate of drug-likeness (QED) is 0.443. The molecule has 0 unspecified atom stereocenters. The van der Waals surface area contributed by atoms with E-state index in [-0.39, 0.29) is 0 Å². The second-order valence-electron chi connectivity index (χ2n) is 0.930. The van der Waals surface area contributed by atoms with Crippen molar-refractivity contribution >= 4 is 30.9 Å². The Balaban J connectivity index is 2.99. The molecule has 0 N–H and O–H groups in total. The van der Waals surface area contributed by atoms with E-state index in [4.69, 9.17) is 12.2 Å². The Hall–Kier alpha value is 0.609. The Bertz CT molecular complexity index is 45.5. The first-order chi connectivity index (χ1) is 2.81. The van der Waals surface area contributed by atoms with Gasteiger partial charge in [-0.15, -0.1) is 0 Å². The average molecular weight is 167 g/mol. The summed E-state index contributed by atoms with van der Waals surface area (Å²) in [4.78, 5) is 0. The van der Waals surface area contributed by atoms with Gasteiger partial charge in [0.25, 0.3) is 0 Å². The van der Waals surface area contributed by atoms with Crippen molar-refractivity contribution in [1.82, 2.24) is 0 Å². The molecule has 0 rings (SSSR count). The fourth-order valence-electron chi connectivity index (χ4n) is 0.144. The monoisotopic (exact) mass is 168 g/mol. The van der Waals surface area contributed by atoms with Crippen LogP contribution in [-0.4, -0.2) is 18.7 Å². The van der Waals surface area contributed by atoms with E-state index in [0.29, 0.717) is 15.0 Å². The van der Waals surface area contributed by atoms with Crippen LogP contribution in [0.25, 0.3) is 0 Å². The molecule has 0 fully saturated rings. The summed E-state index contributed by atoms with van der Waals surface area (Å²) in [6.07, 6.45) is 1.09. The molecule has 36 valence electrons. The topological polar surface area (TPSA) is 0 Å². The Morgan fingerprint density at radius 3 is 2.33 bits per heavy atom. The summed E-state index contributed by atoms with van der Waals surface area (Å²) in [6, 6.07) is 0. The summed E-state index contributed by atoms with van der Waals surface area (Å²) in [5.41, 5.74) is 0. The van der Waals surface area contributed by atoms with Crippen molar-refractivity contribution in [3.05, 3.63) is 0 Å². The fourth-order valence-corrected chi connectivity index (χ4v) is 0.750. The van der Waals surface area contributed by atoms with Gasteiger partial charge in [-0.2, -0.15) is 0 Å². The maximum absolute atomic E-state index is 4.88. The van der Waals surface area contributed by atoms with Crippen LogP contribution in [0.15, 0.2) is 0 Å². The molecule has 0 spiro atoms. The first-order valence-electron chi connectivity index (χ1n) is 1.88. The maximum atomic E-state index is 4.88. The Morgan fingerprint density at radius 2 is 2.33 bits per heavy atom. The molecule has 0 heterocycles. The molecule has 0 aliphatic carbocycles. The molecule has 0 bridgehead atoms. The third-order valence-corrected chi connectivity index (χ3v) is 3.23. The first kappa shape index (κ1) is 6.61. The molecule has 0 aromatic carbocycles. The van der Waals surface area contributed by atoms with Crippen LogP contribution in [-0.2, 0) is 0 Å². The van der Waals surface area contributed by atoms with E-state index in [1.165, 1.54) is 3.76 Å². The van der Waals surface area contributed by atoms with Crippen molar-refractivity contribution < 1.29 is 0 Å². The zero-order valence-electron chi connectivity index (χ0n) is 4.02. The van der Waals surface area contributed by atoms with Crippen molar-refractivity contribution in [2.75, 3.05) is 0 Å². The van der Waals surface area contributed by atoms with Crippen LogP contribution in [0.1, 0.15) is 13.3 Å². The second kappa shape index (κ2) is 3.79. The van der Waals surface area contributed by atoms with Crippen LogP contribution >= 0.6 is 12.2 Å². The summed E-state index contributed by atoms with van der Waals surface area (Å²) < 4.78 is 1.24. The van der Waals surface area contributed by atoms with Crippen LogP contribution in [0.2, 0.25) is 5.82 Å². The van der Waals surface area contributed by atoms with Gasteiger partial charge in [0.1, 0.15) is 0 Å². The molecule has 0 amide bonds. The van der Waals surface area contributed by atoms with E-state index >= 15 is 0 Å². The Kier molecular flexibility index (Phi) is 4.17. The zero-order valence-corrected chi connectivity index (χ0v) is 6.55. The van der Waals surface area contributed by atoms with Crippen molar-refractivity contribution in [3.8, 4) is 0 Å². The number of hydrogen-bond acceptors (Lipinski definition) is 1. The molecule has 2 heteroatoms. The first-order valence-corrected chi connectivity index (χ1v) is 4.86. The van der Waals surface area contributed by atoms with E-state index in [1.54, 1.807) is 0 Å². The van der Waals surface area contributed by atoms with Gasteiger partial charge >= 0.3 is 50.1 Å². The van der Waals surface area contributed by atoms with Gasteiger partial charge in [0.05, 0.1) is 0 Å². The molecule has 6 heavy (non-hydrogen) atoms. The van der Waals surface area contributed by atoms with Gasteiger partial charge in [-0.1, -0.05) is 0 Å². The summed E-state index contributed by atoms with van der Waals surface area (Å²) in [5, 5.41) is 0. The van der Waals surface area contributed by atoms with Gasteiger partial charge in [-0.05, 0) is 0 Å². The normalized spacial score (nSPS) is 8.33. The third-order valence-electron chi connectivity index (χ3n) is 0.516. The minimum absolute atomic E-state index is 0.615. The Labute approximate surface area is 50.5 Å². The van der Waals surface area contributed by atoms with Gasteiger partial charge in [0.2, 0.25) is 0 Å².